The molecule has 5 nitrogen and oxygen atoms in total. The molecule has 1 saturated heterocycles. The number of hydrogen-bond acceptors (Lipinski definition) is 4. The molecule has 1 atom stereocenters. The van der Waals surface area contributed by atoms with E-state index >= 15 is 0 Å². The van der Waals surface area contributed by atoms with E-state index in [2.05, 4.69) is 31.2 Å². The van der Waals surface area contributed by atoms with Crippen LogP contribution in [0.1, 0.15) is 34.5 Å². The van der Waals surface area contributed by atoms with E-state index in [1.165, 1.54) is 5.56 Å². The van der Waals surface area contributed by atoms with Gasteiger partial charge in [0.25, 0.3) is 5.91 Å². The van der Waals surface area contributed by atoms with Gasteiger partial charge in [-0.2, -0.15) is 0 Å². The Morgan fingerprint density at radius 1 is 1.12 bits per heavy atom. The average Bonchev–Trinajstić information content (AvgIpc) is 2.72. The van der Waals surface area contributed by atoms with Gasteiger partial charge in [0.1, 0.15) is 23.2 Å². The highest BCUT2D eigenvalue weighted by Gasteiger charge is 2.29. The zero-order valence-electron chi connectivity index (χ0n) is 15.5. The SMILES string of the molecule is CCc1ccc(C2CN(C(=O)c3c(OC)cccc3OC)CCO2)cc1. The highest BCUT2D eigenvalue weighted by Crippen LogP contribution is 2.31. The van der Waals surface area contributed by atoms with Gasteiger partial charge in [0.15, 0.2) is 0 Å². The number of rotatable bonds is 5. The van der Waals surface area contributed by atoms with Gasteiger partial charge in [-0.3, -0.25) is 4.79 Å². The first-order chi connectivity index (χ1) is 12.7. The number of carbonyl (C=O) groups is 1. The van der Waals surface area contributed by atoms with Crippen LogP contribution in [0.5, 0.6) is 11.5 Å². The average molecular weight is 355 g/mol. The van der Waals surface area contributed by atoms with Crippen LogP contribution < -0.4 is 9.47 Å². The summed E-state index contributed by atoms with van der Waals surface area (Å²) in [5.41, 5.74) is 2.84. The zero-order valence-corrected chi connectivity index (χ0v) is 15.5. The van der Waals surface area contributed by atoms with Gasteiger partial charge in [-0.15, -0.1) is 0 Å². The Labute approximate surface area is 154 Å². The Bertz CT molecular complexity index is 735. The van der Waals surface area contributed by atoms with Crippen molar-refractivity contribution >= 4 is 5.91 Å². The largest absolute Gasteiger partial charge is 0.496 e. The van der Waals surface area contributed by atoms with Gasteiger partial charge in [0.05, 0.1) is 27.4 Å². The lowest BCUT2D eigenvalue weighted by molar-refractivity contribution is -0.0230. The number of methoxy groups -OCH3 is 2. The molecule has 0 radical (unpaired) electrons. The minimum Gasteiger partial charge on any atom is -0.496 e. The van der Waals surface area contributed by atoms with Crippen LogP contribution >= 0.6 is 0 Å². The molecule has 1 aliphatic heterocycles. The Kier molecular flexibility index (Phi) is 5.78. The minimum atomic E-state index is -0.126. The number of ether oxygens (including phenoxy) is 3. The molecule has 3 rings (SSSR count). The van der Waals surface area contributed by atoms with E-state index in [0.29, 0.717) is 36.8 Å². The van der Waals surface area contributed by atoms with E-state index in [0.717, 1.165) is 12.0 Å². The van der Waals surface area contributed by atoms with Crippen LogP contribution in [0, 0.1) is 0 Å². The van der Waals surface area contributed by atoms with Crippen LogP contribution in [0.15, 0.2) is 42.5 Å². The number of benzene rings is 2. The summed E-state index contributed by atoms with van der Waals surface area (Å²) in [7, 11) is 3.12. The third-order valence-electron chi connectivity index (χ3n) is 4.76. The van der Waals surface area contributed by atoms with Gasteiger partial charge in [-0.1, -0.05) is 37.3 Å². The summed E-state index contributed by atoms with van der Waals surface area (Å²) in [5, 5.41) is 0. The highest BCUT2D eigenvalue weighted by atomic mass is 16.5. The predicted octanol–water partition coefficient (Wildman–Crippen LogP) is 3.48. The smallest absolute Gasteiger partial charge is 0.261 e. The predicted molar refractivity (Wildman–Crippen MR) is 100.0 cm³/mol. The molecular weight excluding hydrogens is 330 g/mol. The second-order valence-electron chi connectivity index (χ2n) is 6.24. The summed E-state index contributed by atoms with van der Waals surface area (Å²) >= 11 is 0. The first-order valence-corrected chi connectivity index (χ1v) is 8.88. The molecule has 0 N–H and O–H groups in total. The third-order valence-corrected chi connectivity index (χ3v) is 4.76. The van der Waals surface area contributed by atoms with Gasteiger partial charge in [-0.05, 0) is 29.7 Å². The lowest BCUT2D eigenvalue weighted by atomic mass is 10.0. The molecule has 0 spiro atoms. The van der Waals surface area contributed by atoms with Gasteiger partial charge in [0, 0.05) is 6.54 Å². The Morgan fingerprint density at radius 2 is 1.77 bits per heavy atom. The molecule has 1 amide bonds. The maximum absolute atomic E-state index is 13.1. The van der Waals surface area contributed by atoms with Crippen molar-refractivity contribution < 1.29 is 19.0 Å². The molecule has 5 heteroatoms. The number of hydrogen-bond donors (Lipinski definition) is 0. The van der Waals surface area contributed by atoms with E-state index in [1.54, 1.807) is 26.4 Å². The summed E-state index contributed by atoms with van der Waals surface area (Å²) in [6.45, 7) is 3.69. The summed E-state index contributed by atoms with van der Waals surface area (Å²) in [6, 6.07) is 13.8. The molecule has 138 valence electrons. The third kappa shape index (κ3) is 3.68. The number of morpholine rings is 1. The fraction of sp³-hybridized carbons (Fsp3) is 0.381. The lowest BCUT2D eigenvalue weighted by Gasteiger charge is -2.33. The fourth-order valence-corrected chi connectivity index (χ4v) is 3.22. The molecule has 2 aromatic rings. The quantitative estimate of drug-likeness (QED) is 0.824. The summed E-state index contributed by atoms with van der Waals surface area (Å²) < 4.78 is 16.7. The molecule has 1 heterocycles. The second kappa shape index (κ2) is 8.23. The molecule has 0 bridgehead atoms. The Hall–Kier alpha value is -2.53. The van der Waals surface area contributed by atoms with E-state index in [4.69, 9.17) is 14.2 Å². The van der Waals surface area contributed by atoms with Crippen molar-refractivity contribution in [2.24, 2.45) is 0 Å². The molecule has 1 fully saturated rings. The fourth-order valence-electron chi connectivity index (χ4n) is 3.22. The first kappa shape index (κ1) is 18.3. The molecule has 0 aliphatic carbocycles. The molecular formula is C21H25NO4. The van der Waals surface area contributed by atoms with Crippen molar-refractivity contribution in [2.45, 2.75) is 19.4 Å². The molecule has 1 unspecified atom stereocenters. The van der Waals surface area contributed by atoms with Crippen molar-refractivity contribution in [2.75, 3.05) is 33.9 Å². The van der Waals surface area contributed by atoms with Gasteiger partial charge < -0.3 is 19.1 Å². The van der Waals surface area contributed by atoms with Crippen LogP contribution in [-0.4, -0.2) is 44.7 Å². The standard InChI is InChI=1S/C21H25NO4/c1-4-15-8-10-16(11-9-15)19-14-22(12-13-26-19)21(23)20-17(24-2)6-5-7-18(20)25-3/h5-11,19H,4,12-14H2,1-3H3. The second-order valence-corrected chi connectivity index (χ2v) is 6.24. The van der Waals surface area contributed by atoms with Crippen LogP contribution in [0.2, 0.25) is 0 Å². The highest BCUT2D eigenvalue weighted by molar-refractivity contribution is 5.99. The first-order valence-electron chi connectivity index (χ1n) is 8.88. The van der Waals surface area contributed by atoms with Crippen molar-refractivity contribution in [3.8, 4) is 11.5 Å². The molecule has 2 aromatic carbocycles. The number of nitrogens with zero attached hydrogens (tertiary/aromatic N) is 1. The van der Waals surface area contributed by atoms with E-state index < -0.39 is 0 Å². The van der Waals surface area contributed by atoms with Crippen molar-refractivity contribution in [1.29, 1.82) is 0 Å². The normalized spacial score (nSPS) is 17.0. The number of amides is 1. The van der Waals surface area contributed by atoms with Crippen LogP contribution in [-0.2, 0) is 11.2 Å². The molecule has 1 aliphatic rings. The van der Waals surface area contributed by atoms with Gasteiger partial charge in [-0.25, -0.2) is 0 Å². The maximum atomic E-state index is 13.1. The summed E-state index contributed by atoms with van der Waals surface area (Å²) in [5.74, 6) is 0.937. The molecule has 0 aromatic heterocycles. The van der Waals surface area contributed by atoms with Crippen LogP contribution in [0.4, 0.5) is 0 Å². The van der Waals surface area contributed by atoms with Crippen molar-refractivity contribution in [3.05, 3.63) is 59.2 Å². The maximum Gasteiger partial charge on any atom is 0.261 e. The van der Waals surface area contributed by atoms with E-state index in [1.807, 2.05) is 11.0 Å². The molecule has 26 heavy (non-hydrogen) atoms. The van der Waals surface area contributed by atoms with E-state index in [9.17, 15) is 4.79 Å². The van der Waals surface area contributed by atoms with Crippen LogP contribution in [0.25, 0.3) is 0 Å². The Balaban J connectivity index is 1.82. The monoisotopic (exact) mass is 355 g/mol. The summed E-state index contributed by atoms with van der Waals surface area (Å²) in [6.07, 6.45) is 0.878. The minimum absolute atomic E-state index is 0.0993. The topological polar surface area (TPSA) is 48.0 Å². The molecule has 0 saturated carbocycles. The Morgan fingerprint density at radius 3 is 2.35 bits per heavy atom. The summed E-state index contributed by atoms with van der Waals surface area (Å²) in [4.78, 5) is 15.0. The lowest BCUT2D eigenvalue weighted by Crippen LogP contribution is -2.42. The van der Waals surface area contributed by atoms with Gasteiger partial charge >= 0.3 is 0 Å². The van der Waals surface area contributed by atoms with Crippen LogP contribution in [0.3, 0.4) is 0 Å². The van der Waals surface area contributed by atoms with Crippen molar-refractivity contribution in [1.82, 2.24) is 4.90 Å². The van der Waals surface area contributed by atoms with Crippen molar-refractivity contribution in [3.63, 3.8) is 0 Å². The van der Waals surface area contributed by atoms with E-state index in [-0.39, 0.29) is 12.0 Å². The number of aryl methyl sites for hydroxylation is 1. The van der Waals surface area contributed by atoms with Gasteiger partial charge in [0.2, 0.25) is 0 Å². The zero-order chi connectivity index (χ0) is 18.5. The number of carbonyl (C=O) groups excluding carboxylic acids is 1.